The van der Waals surface area contributed by atoms with E-state index in [4.69, 9.17) is 9.84 Å². The lowest BCUT2D eigenvalue weighted by atomic mass is 9.93. The van der Waals surface area contributed by atoms with Crippen molar-refractivity contribution >= 4 is 6.09 Å². The average molecular weight is 371 g/mol. The number of aromatic nitrogens is 2. The van der Waals surface area contributed by atoms with Crippen LogP contribution in [0.15, 0.2) is 24.3 Å². The smallest absolute Gasteiger partial charge is 0.410 e. The van der Waals surface area contributed by atoms with Gasteiger partial charge in [0.25, 0.3) is 0 Å². The van der Waals surface area contributed by atoms with Gasteiger partial charge in [-0.3, -0.25) is 0 Å². The van der Waals surface area contributed by atoms with Crippen LogP contribution in [-0.4, -0.2) is 39.5 Å². The van der Waals surface area contributed by atoms with Crippen molar-refractivity contribution < 1.29 is 13.9 Å². The van der Waals surface area contributed by atoms with Crippen LogP contribution in [0, 0.1) is 5.82 Å². The van der Waals surface area contributed by atoms with Crippen molar-refractivity contribution in [2.75, 3.05) is 13.1 Å². The van der Waals surface area contributed by atoms with E-state index < -0.39 is 5.60 Å². The van der Waals surface area contributed by atoms with Crippen LogP contribution in [0.5, 0.6) is 0 Å². The first-order chi connectivity index (χ1) is 12.8. The fourth-order valence-electron chi connectivity index (χ4n) is 3.93. The van der Waals surface area contributed by atoms with Gasteiger partial charge in [-0.15, -0.1) is 0 Å². The van der Waals surface area contributed by atoms with Crippen molar-refractivity contribution in [3.05, 3.63) is 47.0 Å². The van der Waals surface area contributed by atoms with Gasteiger partial charge in [0.05, 0.1) is 11.4 Å². The van der Waals surface area contributed by atoms with E-state index in [1.54, 1.807) is 11.0 Å². The fourth-order valence-corrected chi connectivity index (χ4v) is 3.93. The van der Waals surface area contributed by atoms with Gasteiger partial charge in [0.15, 0.2) is 0 Å². The first kappa shape index (κ1) is 18.0. The van der Waals surface area contributed by atoms with Gasteiger partial charge in [0, 0.05) is 24.7 Å². The second kappa shape index (κ2) is 6.66. The van der Waals surface area contributed by atoms with E-state index >= 15 is 0 Å². The second-order valence-corrected chi connectivity index (χ2v) is 8.49. The number of ether oxygens (including phenoxy) is 1. The van der Waals surface area contributed by atoms with Crippen LogP contribution in [-0.2, 0) is 17.6 Å². The summed E-state index contributed by atoms with van der Waals surface area (Å²) in [6.07, 6.45) is 3.24. The molecule has 2 aromatic rings. The van der Waals surface area contributed by atoms with Gasteiger partial charge in [-0.25, -0.2) is 13.9 Å². The minimum absolute atomic E-state index is 0.195. The van der Waals surface area contributed by atoms with Crippen molar-refractivity contribution in [3.8, 4) is 5.69 Å². The third kappa shape index (κ3) is 3.70. The molecule has 2 aliphatic rings. The summed E-state index contributed by atoms with van der Waals surface area (Å²) in [5.41, 5.74) is 3.78. The SMILES string of the molecule is CC(C)(C)OC(=O)N1CCC(c2cc3n(n2)-c2ccc(F)cc2CC3)CC1. The molecule has 27 heavy (non-hydrogen) atoms. The minimum atomic E-state index is -0.469. The van der Waals surface area contributed by atoms with E-state index in [9.17, 15) is 9.18 Å². The van der Waals surface area contributed by atoms with Gasteiger partial charge < -0.3 is 9.64 Å². The van der Waals surface area contributed by atoms with E-state index in [2.05, 4.69) is 6.07 Å². The number of nitrogens with zero attached hydrogens (tertiary/aromatic N) is 3. The highest BCUT2D eigenvalue weighted by Gasteiger charge is 2.29. The fraction of sp³-hybridized carbons (Fsp3) is 0.524. The maximum absolute atomic E-state index is 13.5. The molecule has 1 fully saturated rings. The van der Waals surface area contributed by atoms with E-state index in [0.29, 0.717) is 19.0 Å². The molecule has 0 spiro atoms. The number of hydrogen-bond donors (Lipinski definition) is 0. The highest BCUT2D eigenvalue weighted by molar-refractivity contribution is 5.68. The average Bonchev–Trinajstić information content (AvgIpc) is 3.04. The van der Waals surface area contributed by atoms with E-state index in [-0.39, 0.29) is 11.9 Å². The van der Waals surface area contributed by atoms with Crippen molar-refractivity contribution in [1.29, 1.82) is 0 Å². The number of rotatable bonds is 1. The van der Waals surface area contributed by atoms with Crippen LogP contribution in [0.25, 0.3) is 5.69 Å². The summed E-state index contributed by atoms with van der Waals surface area (Å²) in [6, 6.07) is 7.10. The second-order valence-electron chi connectivity index (χ2n) is 8.49. The normalized spacial score (nSPS) is 17.4. The number of carbonyl (C=O) groups excluding carboxylic acids is 1. The zero-order valence-corrected chi connectivity index (χ0v) is 16.2. The number of carbonyl (C=O) groups is 1. The molecule has 144 valence electrons. The van der Waals surface area contributed by atoms with E-state index in [1.807, 2.05) is 31.5 Å². The predicted octanol–water partition coefficient (Wildman–Crippen LogP) is 4.22. The number of aryl methyl sites for hydroxylation is 2. The lowest BCUT2D eigenvalue weighted by Gasteiger charge is -2.32. The van der Waals surface area contributed by atoms with Crippen molar-refractivity contribution in [3.63, 3.8) is 0 Å². The number of hydrogen-bond acceptors (Lipinski definition) is 3. The molecule has 6 heteroatoms. The Morgan fingerprint density at radius 1 is 1.19 bits per heavy atom. The van der Waals surface area contributed by atoms with Gasteiger partial charge in [-0.2, -0.15) is 5.10 Å². The Labute approximate surface area is 159 Å². The molecule has 1 amide bonds. The Kier molecular flexibility index (Phi) is 4.44. The predicted molar refractivity (Wildman–Crippen MR) is 101 cm³/mol. The minimum Gasteiger partial charge on any atom is -0.444 e. The van der Waals surface area contributed by atoms with Crippen LogP contribution < -0.4 is 0 Å². The molecular weight excluding hydrogens is 345 g/mol. The lowest BCUT2D eigenvalue weighted by Crippen LogP contribution is -2.41. The molecule has 0 aliphatic carbocycles. The molecule has 2 aliphatic heterocycles. The number of amides is 1. The number of fused-ring (bicyclic) bond motifs is 3. The molecule has 4 rings (SSSR count). The maximum atomic E-state index is 13.5. The highest BCUT2D eigenvalue weighted by atomic mass is 19.1. The zero-order chi connectivity index (χ0) is 19.2. The Morgan fingerprint density at radius 2 is 1.93 bits per heavy atom. The van der Waals surface area contributed by atoms with Crippen LogP contribution >= 0.6 is 0 Å². The van der Waals surface area contributed by atoms with Gasteiger partial charge in [-0.1, -0.05) is 0 Å². The molecule has 5 nitrogen and oxygen atoms in total. The van der Waals surface area contributed by atoms with Gasteiger partial charge in [-0.05, 0) is 76.3 Å². The highest BCUT2D eigenvalue weighted by Crippen LogP contribution is 2.32. The summed E-state index contributed by atoms with van der Waals surface area (Å²) in [6.45, 7) is 7.03. The number of benzene rings is 1. The number of likely N-dealkylation sites (tertiary alicyclic amines) is 1. The van der Waals surface area contributed by atoms with Gasteiger partial charge in [0.1, 0.15) is 11.4 Å². The quantitative estimate of drug-likeness (QED) is 0.754. The largest absolute Gasteiger partial charge is 0.444 e. The molecule has 0 radical (unpaired) electrons. The molecule has 1 saturated heterocycles. The summed E-state index contributed by atoms with van der Waals surface area (Å²) >= 11 is 0. The van der Waals surface area contributed by atoms with Gasteiger partial charge in [0.2, 0.25) is 0 Å². The van der Waals surface area contributed by atoms with Gasteiger partial charge >= 0.3 is 6.09 Å². The lowest BCUT2D eigenvalue weighted by molar-refractivity contribution is 0.0204. The maximum Gasteiger partial charge on any atom is 0.410 e. The summed E-state index contributed by atoms with van der Waals surface area (Å²) in [4.78, 5) is 14.0. The molecule has 1 aromatic carbocycles. The van der Waals surface area contributed by atoms with Crippen molar-refractivity contribution in [2.24, 2.45) is 0 Å². The van der Waals surface area contributed by atoms with E-state index in [1.165, 1.54) is 11.8 Å². The van der Waals surface area contributed by atoms with Crippen molar-refractivity contribution in [2.45, 2.75) is 58.0 Å². The molecule has 3 heterocycles. The monoisotopic (exact) mass is 371 g/mol. The van der Waals surface area contributed by atoms with Crippen molar-refractivity contribution in [1.82, 2.24) is 14.7 Å². The zero-order valence-electron chi connectivity index (χ0n) is 16.2. The Hall–Kier alpha value is -2.37. The standard InChI is InChI=1S/C21H26FN3O2/c1-21(2,3)27-20(26)24-10-8-14(9-11-24)18-13-17-6-4-15-12-16(22)5-7-19(15)25(17)23-18/h5,7,12-14H,4,6,8-11H2,1-3H3. The molecule has 0 atom stereocenters. The van der Waals surface area contributed by atoms with Crippen LogP contribution in [0.2, 0.25) is 0 Å². The van der Waals surface area contributed by atoms with Crippen LogP contribution in [0.3, 0.4) is 0 Å². The van der Waals surface area contributed by atoms with E-state index in [0.717, 1.165) is 42.6 Å². The molecular formula is C21H26FN3O2. The topological polar surface area (TPSA) is 47.4 Å². The molecule has 0 unspecified atom stereocenters. The number of halogens is 1. The third-order valence-corrected chi connectivity index (χ3v) is 5.29. The third-order valence-electron chi connectivity index (χ3n) is 5.29. The summed E-state index contributed by atoms with van der Waals surface area (Å²) in [5.74, 6) is 0.143. The first-order valence-corrected chi connectivity index (χ1v) is 9.66. The molecule has 0 N–H and O–H groups in total. The van der Waals surface area contributed by atoms with Crippen LogP contribution in [0.1, 0.15) is 56.5 Å². The summed E-state index contributed by atoms with van der Waals surface area (Å²) in [5, 5.41) is 4.83. The van der Waals surface area contributed by atoms with Crippen LogP contribution in [0.4, 0.5) is 9.18 Å². The number of piperidine rings is 1. The molecule has 0 saturated carbocycles. The summed E-state index contributed by atoms with van der Waals surface area (Å²) < 4.78 is 20.9. The first-order valence-electron chi connectivity index (χ1n) is 9.66. The Bertz CT molecular complexity index is 861. The molecule has 1 aromatic heterocycles. The summed E-state index contributed by atoms with van der Waals surface area (Å²) in [7, 11) is 0. The molecule has 0 bridgehead atoms. The Balaban J connectivity index is 1.46. The Morgan fingerprint density at radius 3 is 2.63 bits per heavy atom.